The first kappa shape index (κ1) is 13.4. The van der Waals surface area contributed by atoms with E-state index in [1.54, 1.807) is 6.20 Å². The number of hydrogen-bond acceptors (Lipinski definition) is 4. The largest absolute Gasteiger partial charge is 0.325 e. The van der Waals surface area contributed by atoms with Crippen LogP contribution in [-0.2, 0) is 17.9 Å². The van der Waals surface area contributed by atoms with Crippen LogP contribution in [0.4, 0.5) is 10.1 Å². The molecule has 2 aromatic rings. The number of carbonyl (C=O) groups excluding carboxylic acids is 1. The van der Waals surface area contributed by atoms with E-state index in [0.29, 0.717) is 10.7 Å². The molecule has 0 aliphatic rings. The van der Waals surface area contributed by atoms with Gasteiger partial charge in [-0.2, -0.15) is 0 Å². The van der Waals surface area contributed by atoms with Gasteiger partial charge in [-0.15, -0.1) is 5.10 Å². The Morgan fingerprint density at radius 1 is 1.53 bits per heavy atom. The van der Waals surface area contributed by atoms with E-state index in [0.717, 1.165) is 0 Å². The second kappa shape index (κ2) is 5.77. The molecule has 2 rings (SSSR count). The standard InChI is InChI=1S/C11H11ClFN5O/c12-7-1-2-9(13)10(3-7)15-11(19)6-18-5-8(4-14)16-17-18/h1-3,5H,4,6,14H2,(H,15,19). The van der Waals surface area contributed by atoms with Crippen LogP contribution in [0.2, 0.25) is 5.02 Å². The Morgan fingerprint density at radius 3 is 3.00 bits per heavy atom. The molecule has 0 aliphatic carbocycles. The number of nitrogens with zero attached hydrogens (tertiary/aromatic N) is 3. The van der Waals surface area contributed by atoms with Crippen LogP contribution in [0.25, 0.3) is 0 Å². The van der Waals surface area contributed by atoms with Gasteiger partial charge in [-0.3, -0.25) is 4.79 Å². The summed E-state index contributed by atoms with van der Waals surface area (Å²) in [6, 6.07) is 3.92. The molecule has 0 atom stereocenters. The fourth-order valence-corrected chi connectivity index (χ4v) is 1.61. The summed E-state index contributed by atoms with van der Waals surface area (Å²) in [6.07, 6.45) is 1.55. The number of anilines is 1. The second-order valence-corrected chi connectivity index (χ2v) is 4.22. The molecule has 0 spiro atoms. The van der Waals surface area contributed by atoms with E-state index < -0.39 is 11.7 Å². The molecular formula is C11H11ClFN5O. The maximum atomic E-state index is 13.4. The highest BCUT2D eigenvalue weighted by molar-refractivity contribution is 6.30. The molecule has 6 nitrogen and oxygen atoms in total. The van der Waals surface area contributed by atoms with E-state index in [2.05, 4.69) is 15.6 Å². The Hall–Kier alpha value is -1.99. The maximum absolute atomic E-state index is 13.4. The van der Waals surface area contributed by atoms with Crippen LogP contribution in [-0.4, -0.2) is 20.9 Å². The number of benzene rings is 1. The van der Waals surface area contributed by atoms with Gasteiger partial charge in [0, 0.05) is 11.6 Å². The molecule has 1 aromatic carbocycles. The summed E-state index contributed by atoms with van der Waals surface area (Å²) in [6.45, 7) is 0.156. The lowest BCUT2D eigenvalue weighted by Crippen LogP contribution is -2.19. The van der Waals surface area contributed by atoms with Gasteiger partial charge in [0.2, 0.25) is 5.91 Å². The summed E-state index contributed by atoms with van der Waals surface area (Å²) in [7, 11) is 0. The maximum Gasteiger partial charge on any atom is 0.246 e. The van der Waals surface area contributed by atoms with Crippen molar-refractivity contribution < 1.29 is 9.18 Å². The third kappa shape index (κ3) is 3.49. The summed E-state index contributed by atoms with van der Waals surface area (Å²) in [5.74, 6) is -0.992. The fraction of sp³-hybridized carbons (Fsp3) is 0.182. The smallest absolute Gasteiger partial charge is 0.246 e. The number of aromatic nitrogens is 3. The molecule has 0 bridgehead atoms. The first-order valence-electron chi connectivity index (χ1n) is 5.42. The summed E-state index contributed by atoms with van der Waals surface area (Å²) in [5, 5.41) is 10.2. The lowest BCUT2D eigenvalue weighted by atomic mass is 10.3. The summed E-state index contributed by atoms with van der Waals surface area (Å²) >= 11 is 5.72. The van der Waals surface area contributed by atoms with Gasteiger partial charge in [0.25, 0.3) is 0 Å². The molecule has 19 heavy (non-hydrogen) atoms. The molecule has 1 amide bonds. The lowest BCUT2D eigenvalue weighted by molar-refractivity contribution is -0.116. The van der Waals surface area contributed by atoms with Crippen molar-refractivity contribution in [3.05, 3.63) is 40.9 Å². The zero-order valence-electron chi connectivity index (χ0n) is 9.81. The highest BCUT2D eigenvalue weighted by atomic mass is 35.5. The SMILES string of the molecule is NCc1cn(CC(=O)Nc2cc(Cl)ccc2F)nn1. The average molecular weight is 284 g/mol. The highest BCUT2D eigenvalue weighted by Crippen LogP contribution is 2.19. The zero-order valence-corrected chi connectivity index (χ0v) is 10.6. The van der Waals surface area contributed by atoms with Crippen LogP contribution in [0.5, 0.6) is 0 Å². The molecule has 1 heterocycles. The molecule has 100 valence electrons. The third-order valence-electron chi connectivity index (χ3n) is 2.30. The van der Waals surface area contributed by atoms with Crippen molar-refractivity contribution in [2.75, 3.05) is 5.32 Å². The van der Waals surface area contributed by atoms with Crippen molar-refractivity contribution in [2.45, 2.75) is 13.1 Å². The van der Waals surface area contributed by atoms with Crippen LogP contribution < -0.4 is 11.1 Å². The van der Waals surface area contributed by atoms with Crippen molar-refractivity contribution in [1.82, 2.24) is 15.0 Å². The molecule has 1 aromatic heterocycles. The predicted octanol–water partition coefficient (Wildman–Crippen LogP) is 1.17. The molecule has 0 unspecified atom stereocenters. The Bertz CT molecular complexity index is 601. The van der Waals surface area contributed by atoms with Crippen LogP contribution in [0.3, 0.4) is 0 Å². The van der Waals surface area contributed by atoms with E-state index in [-0.39, 0.29) is 18.8 Å². The molecule has 0 aliphatic heterocycles. The molecule has 3 N–H and O–H groups in total. The van der Waals surface area contributed by atoms with Gasteiger partial charge in [0.1, 0.15) is 12.4 Å². The number of nitrogens with one attached hydrogen (secondary N) is 1. The number of carbonyl (C=O) groups is 1. The van der Waals surface area contributed by atoms with Crippen molar-refractivity contribution in [2.24, 2.45) is 5.73 Å². The Morgan fingerprint density at radius 2 is 2.32 bits per heavy atom. The van der Waals surface area contributed by atoms with E-state index in [1.807, 2.05) is 0 Å². The topological polar surface area (TPSA) is 85.8 Å². The van der Waals surface area contributed by atoms with E-state index in [1.165, 1.54) is 22.9 Å². The van der Waals surface area contributed by atoms with E-state index in [4.69, 9.17) is 17.3 Å². The van der Waals surface area contributed by atoms with E-state index >= 15 is 0 Å². The first-order chi connectivity index (χ1) is 9.08. The highest BCUT2D eigenvalue weighted by Gasteiger charge is 2.09. The minimum absolute atomic E-state index is 0.0247. The quantitative estimate of drug-likeness (QED) is 0.882. The number of amides is 1. The second-order valence-electron chi connectivity index (χ2n) is 3.78. The van der Waals surface area contributed by atoms with E-state index in [9.17, 15) is 9.18 Å². The van der Waals surface area contributed by atoms with Crippen LogP contribution >= 0.6 is 11.6 Å². The van der Waals surface area contributed by atoms with Gasteiger partial charge in [-0.1, -0.05) is 16.8 Å². The molecule has 0 saturated carbocycles. The molecule has 8 heteroatoms. The molecule has 0 radical (unpaired) electrons. The first-order valence-corrected chi connectivity index (χ1v) is 5.80. The van der Waals surface area contributed by atoms with Gasteiger partial charge in [0.15, 0.2) is 0 Å². The summed E-state index contributed by atoms with van der Waals surface area (Å²) in [4.78, 5) is 11.7. The molecule has 0 fully saturated rings. The van der Waals surface area contributed by atoms with Gasteiger partial charge in [0.05, 0.1) is 17.6 Å². The molecule has 0 saturated heterocycles. The van der Waals surface area contributed by atoms with Gasteiger partial charge in [-0.25, -0.2) is 9.07 Å². The number of hydrogen-bond donors (Lipinski definition) is 2. The van der Waals surface area contributed by atoms with Crippen LogP contribution in [0, 0.1) is 5.82 Å². The number of rotatable bonds is 4. The van der Waals surface area contributed by atoms with Gasteiger partial charge in [-0.05, 0) is 18.2 Å². The third-order valence-corrected chi connectivity index (χ3v) is 2.54. The minimum Gasteiger partial charge on any atom is -0.325 e. The van der Waals surface area contributed by atoms with Crippen molar-refractivity contribution in [3.8, 4) is 0 Å². The molecular weight excluding hydrogens is 273 g/mol. The average Bonchev–Trinajstić information content (AvgIpc) is 2.81. The predicted molar refractivity (Wildman–Crippen MR) is 68.0 cm³/mol. The van der Waals surface area contributed by atoms with Gasteiger partial charge < -0.3 is 11.1 Å². The Kier molecular flexibility index (Phi) is 4.08. The lowest BCUT2D eigenvalue weighted by Gasteiger charge is -2.06. The fourth-order valence-electron chi connectivity index (χ4n) is 1.44. The van der Waals surface area contributed by atoms with Crippen molar-refractivity contribution >= 4 is 23.2 Å². The summed E-state index contributed by atoms with van der Waals surface area (Å²) in [5.41, 5.74) is 5.97. The van der Waals surface area contributed by atoms with Gasteiger partial charge >= 0.3 is 0 Å². The summed E-state index contributed by atoms with van der Waals surface area (Å²) < 4.78 is 14.7. The Balaban J connectivity index is 2.03. The Labute approximate surface area is 113 Å². The zero-order chi connectivity index (χ0) is 13.8. The van der Waals surface area contributed by atoms with Crippen molar-refractivity contribution in [3.63, 3.8) is 0 Å². The van der Waals surface area contributed by atoms with Crippen LogP contribution in [0.15, 0.2) is 24.4 Å². The number of halogens is 2. The monoisotopic (exact) mass is 283 g/mol. The van der Waals surface area contributed by atoms with Crippen LogP contribution in [0.1, 0.15) is 5.69 Å². The number of nitrogens with two attached hydrogens (primary N) is 1. The van der Waals surface area contributed by atoms with Crippen molar-refractivity contribution in [1.29, 1.82) is 0 Å². The normalized spacial score (nSPS) is 10.5. The minimum atomic E-state index is -0.556.